The van der Waals surface area contributed by atoms with Gasteiger partial charge in [0.15, 0.2) is 5.69 Å². The molecule has 0 spiro atoms. The molecule has 2 aromatic carbocycles. The highest BCUT2D eigenvalue weighted by molar-refractivity contribution is 9.11. The van der Waals surface area contributed by atoms with Gasteiger partial charge in [-0.05, 0) is 50.1 Å². The number of carbonyl (C=O) groups excluding carboxylic acids is 1. The summed E-state index contributed by atoms with van der Waals surface area (Å²) in [4.78, 5) is 19.5. The van der Waals surface area contributed by atoms with E-state index in [-0.39, 0.29) is 5.91 Å². The molecule has 0 N–H and O–H groups in total. The first-order valence-corrected chi connectivity index (χ1v) is 12.6. The summed E-state index contributed by atoms with van der Waals surface area (Å²) in [5, 5.41) is 9.13. The van der Waals surface area contributed by atoms with Gasteiger partial charge < -0.3 is 9.47 Å². The lowest BCUT2D eigenvalue weighted by Crippen LogP contribution is -2.37. The van der Waals surface area contributed by atoms with Crippen LogP contribution in [0, 0.1) is 0 Å². The molecular weight excluding hydrogens is 572 g/mol. The van der Waals surface area contributed by atoms with E-state index in [0.29, 0.717) is 40.3 Å². The monoisotopic (exact) mass is 590 g/mol. The molecule has 0 saturated carbocycles. The Hall–Kier alpha value is -2.43. The standard InChI is InChI=1S/C23H20Br2N4O3S/c1-4-10-33-23-26-21-19(27-28-23)14-8-6-7-9-17(14)29(18(30)5-2)22(32-21)13-11-15(24)20(31-3)16(25)12-13/h4,6-9,11-12,22H,1,5,10H2,2-3H3/t22-/m0/s1. The number of anilines is 1. The van der Waals surface area contributed by atoms with Crippen molar-refractivity contribution in [3.8, 4) is 22.9 Å². The Balaban J connectivity index is 1.94. The van der Waals surface area contributed by atoms with Crippen LogP contribution in [0.1, 0.15) is 25.1 Å². The molecule has 0 bridgehead atoms. The second kappa shape index (κ2) is 10.2. The van der Waals surface area contributed by atoms with Crippen molar-refractivity contribution < 1.29 is 14.3 Å². The van der Waals surface area contributed by atoms with Gasteiger partial charge in [-0.15, -0.1) is 16.8 Å². The Kier molecular flexibility index (Phi) is 7.35. The maximum Gasteiger partial charge on any atom is 0.247 e. The zero-order chi connectivity index (χ0) is 23.5. The number of amides is 1. The Bertz CT molecular complexity index is 1200. The lowest BCUT2D eigenvalue weighted by molar-refractivity contribution is -0.120. The van der Waals surface area contributed by atoms with Crippen molar-refractivity contribution in [1.82, 2.24) is 15.2 Å². The van der Waals surface area contributed by atoms with Crippen LogP contribution in [0.25, 0.3) is 11.3 Å². The number of thioether (sulfide) groups is 1. The second-order valence-corrected chi connectivity index (χ2v) is 9.67. The van der Waals surface area contributed by atoms with Gasteiger partial charge in [0.05, 0.1) is 21.7 Å². The van der Waals surface area contributed by atoms with Crippen molar-refractivity contribution in [2.45, 2.75) is 24.7 Å². The zero-order valence-corrected chi connectivity index (χ0v) is 21.9. The predicted molar refractivity (Wildman–Crippen MR) is 136 cm³/mol. The Labute approximate surface area is 212 Å². The van der Waals surface area contributed by atoms with E-state index >= 15 is 0 Å². The fourth-order valence-electron chi connectivity index (χ4n) is 3.48. The van der Waals surface area contributed by atoms with Gasteiger partial charge in [0.1, 0.15) is 5.75 Å². The van der Waals surface area contributed by atoms with Crippen LogP contribution in [0.15, 0.2) is 63.2 Å². The lowest BCUT2D eigenvalue weighted by Gasteiger charge is -2.31. The number of benzene rings is 2. The van der Waals surface area contributed by atoms with Crippen LogP contribution in [0.3, 0.4) is 0 Å². The average molecular weight is 592 g/mol. The first-order chi connectivity index (χ1) is 16.0. The van der Waals surface area contributed by atoms with Crippen LogP contribution in [0.4, 0.5) is 5.69 Å². The number of hydrogen-bond acceptors (Lipinski definition) is 7. The number of methoxy groups -OCH3 is 1. The summed E-state index contributed by atoms with van der Waals surface area (Å²) < 4.78 is 13.3. The fourth-order valence-corrected chi connectivity index (χ4v) is 5.54. The van der Waals surface area contributed by atoms with Gasteiger partial charge in [-0.3, -0.25) is 9.69 Å². The number of halogens is 2. The van der Waals surface area contributed by atoms with Crippen molar-refractivity contribution in [2.75, 3.05) is 17.8 Å². The van der Waals surface area contributed by atoms with Gasteiger partial charge in [-0.2, -0.15) is 4.98 Å². The third-order valence-electron chi connectivity index (χ3n) is 4.92. The third-order valence-corrected chi connectivity index (χ3v) is 6.93. The quantitative estimate of drug-likeness (QED) is 0.250. The molecule has 4 rings (SSSR count). The molecule has 1 aliphatic heterocycles. The maximum absolute atomic E-state index is 13.2. The van der Waals surface area contributed by atoms with Gasteiger partial charge in [0.25, 0.3) is 0 Å². The second-order valence-electron chi connectivity index (χ2n) is 6.97. The van der Waals surface area contributed by atoms with Gasteiger partial charge in [0, 0.05) is 23.3 Å². The van der Waals surface area contributed by atoms with Crippen molar-refractivity contribution in [1.29, 1.82) is 0 Å². The van der Waals surface area contributed by atoms with Crippen LogP contribution in [0.5, 0.6) is 11.6 Å². The Morgan fingerprint density at radius 1 is 1.27 bits per heavy atom. The molecule has 1 atom stereocenters. The van der Waals surface area contributed by atoms with Crippen molar-refractivity contribution >= 4 is 55.2 Å². The highest BCUT2D eigenvalue weighted by Gasteiger charge is 2.36. The Morgan fingerprint density at radius 3 is 2.67 bits per heavy atom. The molecule has 1 aromatic heterocycles. The molecule has 3 aromatic rings. The summed E-state index contributed by atoms with van der Waals surface area (Å²) in [7, 11) is 1.59. The molecule has 10 heteroatoms. The number of ether oxygens (including phenoxy) is 2. The van der Waals surface area contributed by atoms with Crippen LogP contribution >= 0.6 is 43.6 Å². The third kappa shape index (κ3) is 4.64. The van der Waals surface area contributed by atoms with E-state index < -0.39 is 6.23 Å². The molecule has 33 heavy (non-hydrogen) atoms. The number of rotatable bonds is 6. The zero-order valence-electron chi connectivity index (χ0n) is 17.9. The van der Waals surface area contributed by atoms with Crippen molar-refractivity contribution in [3.63, 3.8) is 0 Å². The molecule has 1 aliphatic rings. The number of fused-ring (bicyclic) bond motifs is 3. The molecule has 0 aliphatic carbocycles. The van der Waals surface area contributed by atoms with E-state index in [2.05, 4.69) is 53.6 Å². The summed E-state index contributed by atoms with van der Waals surface area (Å²) in [5.74, 6) is 1.49. The minimum Gasteiger partial charge on any atom is -0.494 e. The lowest BCUT2D eigenvalue weighted by atomic mass is 10.1. The van der Waals surface area contributed by atoms with E-state index in [9.17, 15) is 4.79 Å². The molecule has 0 fully saturated rings. The normalized spacial score (nSPS) is 14.5. The molecule has 0 radical (unpaired) electrons. The smallest absolute Gasteiger partial charge is 0.247 e. The SMILES string of the molecule is C=CCSc1nnc2c(n1)O[C@@H](c1cc(Br)c(OC)c(Br)c1)N(C(=O)CC)c1ccccc1-2. The number of para-hydroxylation sites is 1. The summed E-state index contributed by atoms with van der Waals surface area (Å²) in [6.07, 6.45) is 1.28. The van der Waals surface area contributed by atoms with Crippen LogP contribution in [-0.4, -0.2) is 34.0 Å². The molecule has 2 heterocycles. The fraction of sp³-hybridized carbons (Fsp3) is 0.217. The van der Waals surface area contributed by atoms with Gasteiger partial charge in [0.2, 0.25) is 23.2 Å². The highest BCUT2D eigenvalue weighted by atomic mass is 79.9. The van der Waals surface area contributed by atoms with E-state index in [1.165, 1.54) is 11.8 Å². The van der Waals surface area contributed by atoms with Crippen LogP contribution < -0.4 is 14.4 Å². The predicted octanol–water partition coefficient (Wildman–Crippen LogP) is 6.18. The summed E-state index contributed by atoms with van der Waals surface area (Å²) in [5.41, 5.74) is 2.62. The molecular formula is C23H20Br2N4O3S. The van der Waals surface area contributed by atoms with E-state index in [1.807, 2.05) is 43.3 Å². The largest absolute Gasteiger partial charge is 0.494 e. The van der Waals surface area contributed by atoms with E-state index in [1.54, 1.807) is 18.1 Å². The summed E-state index contributed by atoms with van der Waals surface area (Å²) in [6, 6.07) is 11.3. The molecule has 170 valence electrons. The van der Waals surface area contributed by atoms with Crippen LogP contribution in [-0.2, 0) is 4.79 Å². The minimum absolute atomic E-state index is 0.0995. The number of hydrogen-bond donors (Lipinski definition) is 0. The number of carbonyl (C=O) groups is 1. The van der Waals surface area contributed by atoms with Crippen molar-refractivity contribution in [3.05, 3.63) is 63.6 Å². The first kappa shape index (κ1) is 23.7. The van der Waals surface area contributed by atoms with Gasteiger partial charge >= 0.3 is 0 Å². The van der Waals surface area contributed by atoms with Crippen molar-refractivity contribution in [2.24, 2.45) is 0 Å². The minimum atomic E-state index is -0.785. The summed E-state index contributed by atoms with van der Waals surface area (Å²) >= 11 is 8.52. The molecule has 0 unspecified atom stereocenters. The number of nitrogens with zero attached hydrogens (tertiary/aromatic N) is 4. The number of aromatic nitrogens is 3. The van der Waals surface area contributed by atoms with Crippen LogP contribution in [0.2, 0.25) is 0 Å². The topological polar surface area (TPSA) is 77.4 Å². The molecule has 0 saturated heterocycles. The maximum atomic E-state index is 13.2. The first-order valence-electron chi connectivity index (χ1n) is 10.1. The van der Waals surface area contributed by atoms with E-state index in [0.717, 1.165) is 20.1 Å². The van der Waals surface area contributed by atoms with Gasteiger partial charge in [-0.25, -0.2) is 0 Å². The average Bonchev–Trinajstić information content (AvgIpc) is 2.96. The molecule has 7 nitrogen and oxygen atoms in total. The van der Waals surface area contributed by atoms with Gasteiger partial charge in [-0.1, -0.05) is 43.0 Å². The summed E-state index contributed by atoms with van der Waals surface area (Å²) in [6.45, 7) is 5.56. The van der Waals surface area contributed by atoms with E-state index in [4.69, 9.17) is 9.47 Å². The highest BCUT2D eigenvalue weighted by Crippen LogP contribution is 2.45. The Morgan fingerprint density at radius 2 is 2.00 bits per heavy atom. The molecule has 1 amide bonds.